The van der Waals surface area contributed by atoms with Crippen LogP contribution in [0.15, 0.2) is 23.1 Å². The van der Waals surface area contributed by atoms with Gasteiger partial charge in [0.05, 0.1) is 18.2 Å². The molecule has 1 saturated heterocycles. The summed E-state index contributed by atoms with van der Waals surface area (Å²) >= 11 is 5.79. The summed E-state index contributed by atoms with van der Waals surface area (Å²) in [6, 6.07) is 3.27. The topological polar surface area (TPSA) is 58.6 Å². The fourth-order valence-electron chi connectivity index (χ4n) is 2.15. The van der Waals surface area contributed by atoms with E-state index in [1.807, 2.05) is 6.92 Å². The van der Waals surface area contributed by atoms with Crippen LogP contribution in [0.5, 0.6) is 0 Å². The molecule has 1 heterocycles. The van der Waals surface area contributed by atoms with Gasteiger partial charge in [0.25, 0.3) is 0 Å². The molecule has 0 aliphatic carbocycles. The van der Waals surface area contributed by atoms with E-state index in [-0.39, 0.29) is 22.5 Å². The average Bonchev–Trinajstić information content (AvgIpc) is 2.45. The third-order valence-electron chi connectivity index (χ3n) is 3.42. The Hall–Kier alpha value is -0.730. The van der Waals surface area contributed by atoms with Gasteiger partial charge in [0.2, 0.25) is 10.0 Å². The lowest BCUT2D eigenvalue weighted by Crippen LogP contribution is -2.47. The van der Waals surface area contributed by atoms with E-state index in [2.05, 4.69) is 9.62 Å². The highest BCUT2D eigenvalue weighted by atomic mass is 35.5. The minimum atomic E-state index is -3.75. The van der Waals surface area contributed by atoms with E-state index in [0.29, 0.717) is 13.2 Å². The first-order valence-electron chi connectivity index (χ1n) is 6.66. The molecule has 0 bridgehead atoms. The highest BCUT2D eigenvalue weighted by Crippen LogP contribution is 2.22. The molecule has 1 atom stereocenters. The van der Waals surface area contributed by atoms with Gasteiger partial charge in [0.15, 0.2) is 0 Å². The maximum Gasteiger partial charge on any atom is 0.242 e. The maximum atomic E-state index is 13.0. The first kappa shape index (κ1) is 16.6. The van der Waals surface area contributed by atoms with Crippen molar-refractivity contribution in [3.8, 4) is 0 Å². The molecule has 1 unspecified atom stereocenters. The largest absolute Gasteiger partial charge is 0.379 e. The Bertz CT molecular complexity index is 591. The maximum absolute atomic E-state index is 13.0. The molecule has 0 saturated carbocycles. The van der Waals surface area contributed by atoms with Crippen molar-refractivity contribution in [2.24, 2.45) is 0 Å². The number of nitrogens with zero attached hydrogens (tertiary/aromatic N) is 1. The normalized spacial score (nSPS) is 18.6. The first-order valence-corrected chi connectivity index (χ1v) is 8.53. The summed E-state index contributed by atoms with van der Waals surface area (Å²) in [4.78, 5) is 2.04. The number of ether oxygens (including phenoxy) is 1. The zero-order valence-corrected chi connectivity index (χ0v) is 13.3. The van der Waals surface area contributed by atoms with Crippen LogP contribution < -0.4 is 4.72 Å². The summed E-state index contributed by atoms with van der Waals surface area (Å²) in [5.74, 6) is -0.569. The Morgan fingerprint density at radius 3 is 2.71 bits per heavy atom. The van der Waals surface area contributed by atoms with E-state index in [1.165, 1.54) is 6.07 Å². The van der Waals surface area contributed by atoms with Crippen LogP contribution >= 0.6 is 11.6 Å². The van der Waals surface area contributed by atoms with Crippen LogP contribution in [0.1, 0.15) is 6.92 Å². The molecule has 0 aromatic heterocycles. The number of hydrogen-bond donors (Lipinski definition) is 1. The number of benzene rings is 1. The third kappa shape index (κ3) is 4.37. The smallest absolute Gasteiger partial charge is 0.242 e. The van der Waals surface area contributed by atoms with Gasteiger partial charge in [-0.3, -0.25) is 4.90 Å². The minimum absolute atomic E-state index is 0.0444. The molecule has 118 valence electrons. The van der Waals surface area contributed by atoms with Gasteiger partial charge < -0.3 is 4.74 Å². The van der Waals surface area contributed by atoms with Gasteiger partial charge in [-0.25, -0.2) is 17.5 Å². The molecule has 1 aromatic rings. The molecule has 5 nitrogen and oxygen atoms in total. The number of rotatable bonds is 5. The molecule has 1 fully saturated rings. The molecule has 8 heteroatoms. The Kier molecular flexibility index (Phi) is 5.56. The number of hydrogen-bond acceptors (Lipinski definition) is 4. The van der Waals surface area contributed by atoms with Crippen molar-refractivity contribution in [2.45, 2.75) is 17.9 Å². The quantitative estimate of drug-likeness (QED) is 0.885. The molecule has 1 aromatic carbocycles. The van der Waals surface area contributed by atoms with Crippen molar-refractivity contribution < 1.29 is 17.5 Å². The zero-order chi connectivity index (χ0) is 15.5. The van der Waals surface area contributed by atoms with Gasteiger partial charge in [0, 0.05) is 25.7 Å². The lowest BCUT2D eigenvalue weighted by atomic mass is 10.2. The van der Waals surface area contributed by atoms with Crippen LogP contribution in [0.2, 0.25) is 5.02 Å². The molecule has 1 aliphatic rings. The van der Waals surface area contributed by atoms with Crippen LogP contribution in [0.4, 0.5) is 4.39 Å². The van der Waals surface area contributed by atoms with Gasteiger partial charge >= 0.3 is 0 Å². The van der Waals surface area contributed by atoms with E-state index >= 15 is 0 Å². The van der Waals surface area contributed by atoms with Gasteiger partial charge in [-0.2, -0.15) is 0 Å². The Morgan fingerprint density at radius 1 is 1.43 bits per heavy atom. The standard InChI is InChI=1S/C13H18ClFN2O3S/c1-10(17-4-6-20-7-5-17)9-16-21(18,19)13-3-2-11(15)8-12(13)14/h2-3,8,10,16H,4-7,9H2,1H3. The summed E-state index contributed by atoms with van der Waals surface area (Å²) in [5, 5.41) is -0.124. The molecule has 21 heavy (non-hydrogen) atoms. The Labute approximate surface area is 129 Å². The summed E-state index contributed by atoms with van der Waals surface area (Å²) in [6.45, 7) is 5.07. The third-order valence-corrected chi connectivity index (χ3v) is 5.33. The van der Waals surface area contributed by atoms with E-state index < -0.39 is 15.8 Å². The Morgan fingerprint density at radius 2 is 2.10 bits per heavy atom. The van der Waals surface area contributed by atoms with Crippen molar-refractivity contribution in [3.63, 3.8) is 0 Å². The molecule has 0 spiro atoms. The molecule has 1 aliphatic heterocycles. The molecular formula is C13H18ClFN2O3S. The molecule has 1 N–H and O–H groups in total. The SMILES string of the molecule is CC(CNS(=O)(=O)c1ccc(F)cc1Cl)N1CCOCC1. The van der Waals surface area contributed by atoms with Crippen molar-refractivity contribution in [1.82, 2.24) is 9.62 Å². The van der Waals surface area contributed by atoms with Crippen molar-refractivity contribution in [3.05, 3.63) is 29.0 Å². The Balaban J connectivity index is 2.00. The van der Waals surface area contributed by atoms with Gasteiger partial charge in [-0.05, 0) is 25.1 Å². The van der Waals surface area contributed by atoms with Crippen LogP contribution in [0.3, 0.4) is 0 Å². The van der Waals surface area contributed by atoms with E-state index in [1.54, 1.807) is 0 Å². The summed E-state index contributed by atoms with van der Waals surface area (Å²) in [6.07, 6.45) is 0. The summed E-state index contributed by atoms with van der Waals surface area (Å²) < 4.78 is 45.1. The number of sulfonamides is 1. The number of nitrogens with one attached hydrogen (secondary N) is 1. The second-order valence-corrected chi connectivity index (χ2v) is 7.07. The average molecular weight is 337 g/mol. The van der Waals surface area contributed by atoms with Crippen LogP contribution in [0, 0.1) is 5.82 Å². The fourth-order valence-corrected chi connectivity index (χ4v) is 3.80. The monoisotopic (exact) mass is 336 g/mol. The lowest BCUT2D eigenvalue weighted by Gasteiger charge is -2.32. The predicted octanol–water partition coefficient (Wildman–Crippen LogP) is 1.48. The van der Waals surface area contributed by atoms with Crippen molar-refractivity contribution >= 4 is 21.6 Å². The van der Waals surface area contributed by atoms with Gasteiger partial charge in [-0.15, -0.1) is 0 Å². The van der Waals surface area contributed by atoms with E-state index in [4.69, 9.17) is 16.3 Å². The highest BCUT2D eigenvalue weighted by molar-refractivity contribution is 7.89. The number of halogens is 2. The van der Waals surface area contributed by atoms with Crippen molar-refractivity contribution in [2.75, 3.05) is 32.8 Å². The molecular weight excluding hydrogens is 319 g/mol. The van der Waals surface area contributed by atoms with Gasteiger partial charge in [0.1, 0.15) is 10.7 Å². The van der Waals surface area contributed by atoms with Crippen LogP contribution in [0.25, 0.3) is 0 Å². The molecule has 2 rings (SSSR count). The fraction of sp³-hybridized carbons (Fsp3) is 0.538. The molecule has 0 amide bonds. The predicted molar refractivity (Wildman–Crippen MR) is 78.5 cm³/mol. The summed E-state index contributed by atoms with van der Waals surface area (Å²) in [5.41, 5.74) is 0. The van der Waals surface area contributed by atoms with Crippen LogP contribution in [-0.4, -0.2) is 52.2 Å². The highest BCUT2D eigenvalue weighted by Gasteiger charge is 2.22. The minimum Gasteiger partial charge on any atom is -0.379 e. The number of morpholine rings is 1. The van der Waals surface area contributed by atoms with Crippen LogP contribution in [-0.2, 0) is 14.8 Å². The molecule has 0 radical (unpaired) electrons. The first-order chi connectivity index (χ1) is 9.90. The van der Waals surface area contributed by atoms with Crippen molar-refractivity contribution in [1.29, 1.82) is 0 Å². The lowest BCUT2D eigenvalue weighted by molar-refractivity contribution is 0.0213. The summed E-state index contributed by atoms with van der Waals surface area (Å²) in [7, 11) is -3.75. The second kappa shape index (κ2) is 7.02. The van der Waals surface area contributed by atoms with E-state index in [0.717, 1.165) is 25.2 Å². The second-order valence-electron chi connectivity index (χ2n) is 4.92. The van der Waals surface area contributed by atoms with Gasteiger partial charge in [-0.1, -0.05) is 11.6 Å². The van der Waals surface area contributed by atoms with E-state index in [9.17, 15) is 12.8 Å². The zero-order valence-electron chi connectivity index (χ0n) is 11.7.